The molecular formula is C13H12N2O4. The first kappa shape index (κ1) is 12.8. The van der Waals surface area contributed by atoms with Crippen LogP contribution in [0.3, 0.4) is 0 Å². The molecule has 0 saturated carbocycles. The highest BCUT2D eigenvalue weighted by molar-refractivity contribution is 5.75. The Labute approximate surface area is 109 Å². The number of hydrogen-bond donors (Lipinski definition) is 1. The Balaban J connectivity index is 0.000000148. The quantitative estimate of drug-likeness (QED) is 0.890. The standard InChI is InChI=1S/C9H7NO.C4H5NO3/c1-2-4-8(5-3-1)9-6-7-11-10-9;6-4(7)3-1-5-2-8-3/h1-7H;2-3H,1H2,(H,6,7). The number of benzene rings is 1. The van der Waals surface area contributed by atoms with E-state index in [0.717, 1.165) is 11.3 Å². The van der Waals surface area contributed by atoms with Crippen LogP contribution in [0.4, 0.5) is 0 Å². The molecule has 0 bridgehead atoms. The van der Waals surface area contributed by atoms with Gasteiger partial charge in [0, 0.05) is 11.6 Å². The van der Waals surface area contributed by atoms with Crippen molar-refractivity contribution in [1.29, 1.82) is 0 Å². The van der Waals surface area contributed by atoms with Gasteiger partial charge in [0.2, 0.25) is 6.10 Å². The van der Waals surface area contributed by atoms with Crippen LogP contribution < -0.4 is 0 Å². The van der Waals surface area contributed by atoms with E-state index in [-0.39, 0.29) is 6.54 Å². The maximum Gasteiger partial charge on any atom is 0.346 e. The molecule has 19 heavy (non-hydrogen) atoms. The predicted molar refractivity (Wildman–Crippen MR) is 67.8 cm³/mol. The molecule has 0 fully saturated rings. The van der Waals surface area contributed by atoms with Crippen LogP contribution in [-0.4, -0.2) is 35.3 Å². The number of aliphatic carboxylic acids is 1. The molecule has 1 unspecified atom stereocenters. The van der Waals surface area contributed by atoms with Gasteiger partial charge in [0.05, 0.1) is 6.54 Å². The van der Waals surface area contributed by atoms with Gasteiger partial charge in [0.1, 0.15) is 12.0 Å². The first-order valence-electron chi connectivity index (χ1n) is 5.60. The molecule has 1 atom stereocenters. The molecule has 1 aliphatic rings. The number of carbonyl (C=O) groups is 1. The molecule has 98 valence electrons. The minimum atomic E-state index is -0.956. The molecule has 2 aromatic rings. The first-order chi connectivity index (χ1) is 9.27. The molecule has 0 saturated heterocycles. The molecule has 0 amide bonds. The van der Waals surface area contributed by atoms with E-state index in [4.69, 9.17) is 9.63 Å². The maximum atomic E-state index is 10.00. The molecule has 1 aliphatic heterocycles. The topological polar surface area (TPSA) is 84.9 Å². The summed E-state index contributed by atoms with van der Waals surface area (Å²) >= 11 is 0. The Morgan fingerprint density at radius 3 is 2.53 bits per heavy atom. The monoisotopic (exact) mass is 260 g/mol. The second-order valence-corrected chi connectivity index (χ2v) is 3.68. The number of carboxylic acids is 1. The number of rotatable bonds is 2. The second kappa shape index (κ2) is 6.34. The molecule has 1 aromatic heterocycles. The Morgan fingerprint density at radius 2 is 2.05 bits per heavy atom. The summed E-state index contributed by atoms with van der Waals surface area (Å²) in [6.45, 7) is 0.245. The third kappa shape index (κ3) is 3.67. The van der Waals surface area contributed by atoms with E-state index in [1.54, 1.807) is 6.26 Å². The minimum Gasteiger partial charge on any atom is -0.478 e. The zero-order valence-electron chi connectivity index (χ0n) is 9.97. The Hall–Kier alpha value is -2.63. The molecule has 0 radical (unpaired) electrons. The number of nitrogens with zero attached hydrogens (tertiary/aromatic N) is 2. The molecule has 3 rings (SSSR count). The summed E-state index contributed by atoms with van der Waals surface area (Å²) in [6.07, 6.45) is 2.00. The predicted octanol–water partition coefficient (Wildman–Crippen LogP) is 1.84. The summed E-state index contributed by atoms with van der Waals surface area (Å²) in [6, 6.07) is 11.8. The first-order valence-corrected chi connectivity index (χ1v) is 5.60. The Kier molecular flexibility index (Phi) is 4.28. The number of carboxylic acid groups (broad SMARTS) is 1. The van der Waals surface area contributed by atoms with Crippen molar-refractivity contribution >= 4 is 12.4 Å². The lowest BCUT2D eigenvalue weighted by Crippen LogP contribution is -2.21. The maximum absolute atomic E-state index is 10.00. The van der Waals surface area contributed by atoms with Gasteiger partial charge in [-0.2, -0.15) is 0 Å². The summed E-state index contributed by atoms with van der Waals surface area (Å²) in [7, 11) is 0. The number of aliphatic imine (C=N–C) groups is 1. The zero-order valence-corrected chi connectivity index (χ0v) is 9.97. The average Bonchev–Trinajstić information content (AvgIpc) is 3.14. The summed E-state index contributed by atoms with van der Waals surface area (Å²) in [5, 5.41) is 12.0. The zero-order chi connectivity index (χ0) is 13.5. The summed E-state index contributed by atoms with van der Waals surface area (Å²) < 4.78 is 9.24. The van der Waals surface area contributed by atoms with Gasteiger partial charge < -0.3 is 14.4 Å². The van der Waals surface area contributed by atoms with Crippen LogP contribution in [-0.2, 0) is 9.53 Å². The van der Waals surface area contributed by atoms with Gasteiger partial charge in [-0.15, -0.1) is 0 Å². The van der Waals surface area contributed by atoms with Crippen LogP contribution in [0.5, 0.6) is 0 Å². The molecule has 0 spiro atoms. The fourth-order valence-electron chi connectivity index (χ4n) is 1.40. The van der Waals surface area contributed by atoms with Crippen LogP contribution in [0.15, 0.2) is 52.2 Å². The average molecular weight is 260 g/mol. The molecular weight excluding hydrogens is 248 g/mol. The second-order valence-electron chi connectivity index (χ2n) is 3.68. The molecule has 6 nitrogen and oxygen atoms in total. The summed E-state index contributed by atoms with van der Waals surface area (Å²) in [5.74, 6) is -0.956. The van der Waals surface area contributed by atoms with Crippen molar-refractivity contribution in [2.75, 3.05) is 6.54 Å². The van der Waals surface area contributed by atoms with Gasteiger partial charge >= 0.3 is 5.97 Å². The SMILES string of the molecule is O=C(O)C1CN=CO1.c1ccc(-c2ccon2)cc1. The van der Waals surface area contributed by atoms with Crippen LogP contribution >= 0.6 is 0 Å². The van der Waals surface area contributed by atoms with Gasteiger partial charge in [0.25, 0.3) is 0 Å². The van der Waals surface area contributed by atoms with Crippen molar-refractivity contribution in [3.8, 4) is 11.3 Å². The van der Waals surface area contributed by atoms with E-state index < -0.39 is 12.1 Å². The molecule has 1 aromatic carbocycles. The van der Waals surface area contributed by atoms with Gasteiger partial charge in [-0.1, -0.05) is 35.5 Å². The fourth-order valence-corrected chi connectivity index (χ4v) is 1.40. The summed E-state index contributed by atoms with van der Waals surface area (Å²) in [4.78, 5) is 13.6. The van der Waals surface area contributed by atoms with Gasteiger partial charge in [0.15, 0.2) is 6.40 Å². The Morgan fingerprint density at radius 1 is 1.26 bits per heavy atom. The van der Waals surface area contributed by atoms with Gasteiger partial charge in [-0.25, -0.2) is 4.79 Å². The third-order valence-electron chi connectivity index (χ3n) is 2.35. The normalized spacial score (nSPS) is 16.3. The van der Waals surface area contributed by atoms with Crippen molar-refractivity contribution in [3.63, 3.8) is 0 Å². The van der Waals surface area contributed by atoms with Crippen LogP contribution in [0, 0.1) is 0 Å². The highest BCUT2D eigenvalue weighted by Gasteiger charge is 2.19. The lowest BCUT2D eigenvalue weighted by molar-refractivity contribution is -0.144. The van der Waals surface area contributed by atoms with Gasteiger partial charge in [-0.05, 0) is 0 Å². The number of aromatic nitrogens is 1. The van der Waals surface area contributed by atoms with Crippen molar-refractivity contribution in [3.05, 3.63) is 42.7 Å². The molecule has 1 N–H and O–H groups in total. The third-order valence-corrected chi connectivity index (χ3v) is 2.35. The van der Waals surface area contributed by atoms with E-state index in [9.17, 15) is 4.79 Å². The molecule has 6 heteroatoms. The summed E-state index contributed by atoms with van der Waals surface area (Å²) in [5.41, 5.74) is 1.96. The lowest BCUT2D eigenvalue weighted by Gasteiger charge is -1.98. The lowest BCUT2D eigenvalue weighted by atomic mass is 10.2. The largest absolute Gasteiger partial charge is 0.478 e. The fraction of sp³-hybridized carbons (Fsp3) is 0.154. The highest BCUT2D eigenvalue weighted by Crippen LogP contribution is 2.14. The van der Waals surface area contributed by atoms with E-state index in [2.05, 4.69) is 14.9 Å². The highest BCUT2D eigenvalue weighted by atomic mass is 16.5. The molecule has 2 heterocycles. The van der Waals surface area contributed by atoms with E-state index in [1.807, 2.05) is 36.4 Å². The number of hydrogen-bond acceptors (Lipinski definition) is 5. The van der Waals surface area contributed by atoms with E-state index >= 15 is 0 Å². The minimum absolute atomic E-state index is 0.245. The molecule has 0 aliphatic carbocycles. The van der Waals surface area contributed by atoms with E-state index in [0.29, 0.717) is 0 Å². The smallest absolute Gasteiger partial charge is 0.346 e. The van der Waals surface area contributed by atoms with Crippen molar-refractivity contribution in [1.82, 2.24) is 5.16 Å². The van der Waals surface area contributed by atoms with Crippen LogP contribution in [0.1, 0.15) is 0 Å². The van der Waals surface area contributed by atoms with Crippen LogP contribution in [0.25, 0.3) is 11.3 Å². The van der Waals surface area contributed by atoms with E-state index in [1.165, 1.54) is 6.40 Å². The van der Waals surface area contributed by atoms with Crippen molar-refractivity contribution in [2.45, 2.75) is 6.10 Å². The van der Waals surface area contributed by atoms with Crippen molar-refractivity contribution < 1.29 is 19.2 Å². The van der Waals surface area contributed by atoms with Crippen LogP contribution in [0.2, 0.25) is 0 Å². The number of ether oxygens (including phenoxy) is 1. The van der Waals surface area contributed by atoms with Gasteiger partial charge in [-0.3, -0.25) is 4.99 Å². The Bertz CT molecular complexity index is 529. The van der Waals surface area contributed by atoms with Crippen molar-refractivity contribution in [2.24, 2.45) is 4.99 Å².